The fraction of sp³-hybridized carbons (Fsp3) is 0.667. The molecule has 1 fully saturated rings. The molecule has 2 heterocycles. The van der Waals surface area contributed by atoms with Crippen molar-refractivity contribution in [2.24, 2.45) is 5.73 Å². The normalized spacial score (nSPS) is 25.0. The number of hydrogen-bond donors (Lipinski definition) is 1. The van der Waals surface area contributed by atoms with Gasteiger partial charge < -0.3 is 15.4 Å². The highest BCUT2D eigenvalue weighted by atomic mass is 16.5. The second kappa shape index (κ2) is 5.42. The van der Waals surface area contributed by atoms with Crippen LogP contribution in [0.25, 0.3) is 0 Å². The second-order valence-corrected chi connectivity index (χ2v) is 4.45. The van der Waals surface area contributed by atoms with E-state index in [1.165, 1.54) is 0 Å². The number of nitrogens with two attached hydrogens (primary N) is 1. The summed E-state index contributed by atoms with van der Waals surface area (Å²) in [4.78, 5) is 2.28. The van der Waals surface area contributed by atoms with Gasteiger partial charge in [0.25, 0.3) is 0 Å². The third kappa shape index (κ3) is 2.73. The predicted octanol–water partition coefficient (Wildman–Crippen LogP) is 0.939. The van der Waals surface area contributed by atoms with Crippen LogP contribution in [0.15, 0.2) is 12.1 Å². The van der Waals surface area contributed by atoms with Gasteiger partial charge in [0.05, 0.1) is 24.4 Å². The van der Waals surface area contributed by atoms with Crippen LogP contribution in [0.4, 0.5) is 5.82 Å². The van der Waals surface area contributed by atoms with E-state index in [1.54, 1.807) is 0 Å². The van der Waals surface area contributed by atoms with Crippen molar-refractivity contribution in [3.05, 3.63) is 17.8 Å². The molecule has 0 bridgehead atoms. The van der Waals surface area contributed by atoms with Crippen molar-refractivity contribution in [3.8, 4) is 0 Å². The first-order valence-electron chi connectivity index (χ1n) is 6.15. The highest BCUT2D eigenvalue weighted by Gasteiger charge is 2.26. The van der Waals surface area contributed by atoms with Crippen LogP contribution in [0.2, 0.25) is 0 Å². The fourth-order valence-corrected chi connectivity index (χ4v) is 2.08. The summed E-state index contributed by atoms with van der Waals surface area (Å²) in [6.45, 7) is 6.32. The van der Waals surface area contributed by atoms with Gasteiger partial charge in [0.2, 0.25) is 0 Å². The lowest BCUT2D eigenvalue weighted by atomic mass is 10.1. The summed E-state index contributed by atoms with van der Waals surface area (Å²) in [6, 6.07) is 4.33. The highest BCUT2D eigenvalue weighted by molar-refractivity contribution is 5.39. The van der Waals surface area contributed by atoms with Crippen LogP contribution in [-0.4, -0.2) is 35.5 Å². The van der Waals surface area contributed by atoms with E-state index in [-0.39, 0.29) is 6.10 Å². The first kappa shape index (κ1) is 12.3. The number of rotatable bonds is 3. The SMILES string of the molecule is CCC1COC(C)CN1c1ccc(CN)nn1. The lowest BCUT2D eigenvalue weighted by Gasteiger charge is -2.38. The number of hydrogen-bond acceptors (Lipinski definition) is 5. The molecule has 1 aromatic rings. The van der Waals surface area contributed by atoms with Crippen molar-refractivity contribution >= 4 is 5.82 Å². The minimum absolute atomic E-state index is 0.244. The largest absolute Gasteiger partial charge is 0.375 e. The fourth-order valence-electron chi connectivity index (χ4n) is 2.08. The third-order valence-electron chi connectivity index (χ3n) is 3.15. The molecular formula is C12H20N4O. The third-order valence-corrected chi connectivity index (χ3v) is 3.15. The van der Waals surface area contributed by atoms with Crippen LogP contribution in [0.3, 0.4) is 0 Å². The van der Waals surface area contributed by atoms with E-state index in [4.69, 9.17) is 10.5 Å². The van der Waals surface area contributed by atoms with Crippen LogP contribution in [0, 0.1) is 0 Å². The van der Waals surface area contributed by atoms with Gasteiger partial charge >= 0.3 is 0 Å². The Balaban J connectivity index is 2.16. The molecule has 17 heavy (non-hydrogen) atoms. The molecule has 94 valence electrons. The molecule has 5 nitrogen and oxygen atoms in total. The van der Waals surface area contributed by atoms with Crippen molar-refractivity contribution < 1.29 is 4.74 Å². The van der Waals surface area contributed by atoms with Crippen LogP contribution < -0.4 is 10.6 Å². The molecule has 1 aliphatic rings. The van der Waals surface area contributed by atoms with Gasteiger partial charge in [-0.3, -0.25) is 0 Å². The molecule has 2 rings (SSSR count). The molecule has 0 saturated carbocycles. The van der Waals surface area contributed by atoms with Gasteiger partial charge in [-0.25, -0.2) is 0 Å². The van der Waals surface area contributed by atoms with Crippen molar-refractivity contribution in [1.82, 2.24) is 10.2 Å². The summed E-state index contributed by atoms with van der Waals surface area (Å²) in [5.74, 6) is 0.921. The van der Waals surface area contributed by atoms with Gasteiger partial charge in [-0.2, -0.15) is 5.10 Å². The molecule has 2 N–H and O–H groups in total. The summed E-state index contributed by atoms with van der Waals surface area (Å²) in [6.07, 6.45) is 1.29. The molecule has 1 saturated heterocycles. The average molecular weight is 236 g/mol. The number of morpholine rings is 1. The minimum atomic E-state index is 0.244. The second-order valence-electron chi connectivity index (χ2n) is 4.45. The maximum atomic E-state index is 5.67. The Morgan fingerprint density at radius 3 is 2.88 bits per heavy atom. The first-order valence-corrected chi connectivity index (χ1v) is 6.15. The van der Waals surface area contributed by atoms with E-state index < -0.39 is 0 Å². The molecule has 2 atom stereocenters. The molecule has 0 spiro atoms. The van der Waals surface area contributed by atoms with Gasteiger partial charge in [-0.1, -0.05) is 6.92 Å². The molecule has 1 aromatic heterocycles. The Kier molecular flexibility index (Phi) is 3.91. The van der Waals surface area contributed by atoms with E-state index in [0.29, 0.717) is 12.6 Å². The van der Waals surface area contributed by atoms with Crippen molar-refractivity contribution in [2.45, 2.75) is 39.0 Å². The molecular weight excluding hydrogens is 216 g/mol. The standard InChI is InChI=1S/C12H20N4O/c1-3-11-8-17-9(2)7-16(11)12-5-4-10(6-13)14-15-12/h4-5,9,11H,3,6-8,13H2,1-2H3. The van der Waals surface area contributed by atoms with Crippen LogP contribution >= 0.6 is 0 Å². The summed E-state index contributed by atoms with van der Waals surface area (Å²) >= 11 is 0. The summed E-state index contributed by atoms with van der Waals surface area (Å²) in [5.41, 5.74) is 6.34. The molecule has 1 aliphatic heterocycles. The molecule has 5 heteroatoms. The molecule has 0 amide bonds. The Labute approximate surface area is 102 Å². The Bertz CT molecular complexity index is 354. The van der Waals surface area contributed by atoms with Crippen molar-refractivity contribution in [1.29, 1.82) is 0 Å². The Hall–Kier alpha value is -1.20. The highest BCUT2D eigenvalue weighted by Crippen LogP contribution is 2.20. The minimum Gasteiger partial charge on any atom is -0.375 e. The monoisotopic (exact) mass is 236 g/mol. The van der Waals surface area contributed by atoms with Gasteiger partial charge in [-0.05, 0) is 25.5 Å². The quantitative estimate of drug-likeness (QED) is 0.846. The molecule has 0 radical (unpaired) electrons. The number of nitrogens with zero attached hydrogens (tertiary/aromatic N) is 3. The number of anilines is 1. The first-order chi connectivity index (χ1) is 8.24. The molecule has 0 aromatic carbocycles. The van der Waals surface area contributed by atoms with E-state index in [9.17, 15) is 0 Å². The van der Waals surface area contributed by atoms with Crippen LogP contribution in [-0.2, 0) is 11.3 Å². The zero-order valence-electron chi connectivity index (χ0n) is 10.5. The molecule has 2 unspecified atom stereocenters. The van der Waals surface area contributed by atoms with E-state index >= 15 is 0 Å². The predicted molar refractivity (Wildman–Crippen MR) is 66.8 cm³/mol. The average Bonchev–Trinajstić information content (AvgIpc) is 2.39. The number of ether oxygens (including phenoxy) is 1. The van der Waals surface area contributed by atoms with E-state index in [2.05, 4.69) is 28.9 Å². The van der Waals surface area contributed by atoms with Gasteiger partial charge in [-0.15, -0.1) is 5.10 Å². The Morgan fingerprint density at radius 2 is 2.29 bits per heavy atom. The van der Waals surface area contributed by atoms with Gasteiger partial charge in [0.1, 0.15) is 0 Å². The summed E-state index contributed by atoms with van der Waals surface area (Å²) < 4.78 is 5.67. The lowest BCUT2D eigenvalue weighted by Crippen LogP contribution is -2.49. The summed E-state index contributed by atoms with van der Waals surface area (Å²) in [5, 5.41) is 8.35. The topological polar surface area (TPSA) is 64.3 Å². The lowest BCUT2D eigenvalue weighted by molar-refractivity contribution is 0.0295. The maximum absolute atomic E-state index is 5.67. The van der Waals surface area contributed by atoms with E-state index in [0.717, 1.165) is 31.1 Å². The summed E-state index contributed by atoms with van der Waals surface area (Å²) in [7, 11) is 0. The zero-order valence-corrected chi connectivity index (χ0v) is 10.5. The van der Waals surface area contributed by atoms with Crippen molar-refractivity contribution in [2.75, 3.05) is 18.1 Å². The van der Waals surface area contributed by atoms with Crippen LogP contribution in [0.1, 0.15) is 26.0 Å². The smallest absolute Gasteiger partial charge is 0.151 e. The molecule has 0 aliphatic carbocycles. The van der Waals surface area contributed by atoms with Crippen molar-refractivity contribution in [3.63, 3.8) is 0 Å². The van der Waals surface area contributed by atoms with Crippen LogP contribution in [0.5, 0.6) is 0 Å². The van der Waals surface area contributed by atoms with E-state index in [1.807, 2.05) is 12.1 Å². The maximum Gasteiger partial charge on any atom is 0.151 e. The van der Waals surface area contributed by atoms with Gasteiger partial charge in [0, 0.05) is 13.1 Å². The van der Waals surface area contributed by atoms with Gasteiger partial charge in [0.15, 0.2) is 5.82 Å². The zero-order chi connectivity index (χ0) is 12.3. The number of aromatic nitrogens is 2. The Morgan fingerprint density at radius 1 is 1.47 bits per heavy atom.